The zero-order valence-electron chi connectivity index (χ0n) is 14.2. The minimum Gasteiger partial charge on any atom is -0.477 e. The first kappa shape index (κ1) is 19.1. The van der Waals surface area contributed by atoms with Gasteiger partial charge in [-0.05, 0) is 54.3 Å². The predicted molar refractivity (Wildman–Crippen MR) is 100 cm³/mol. The highest BCUT2D eigenvalue weighted by Crippen LogP contribution is 2.34. The number of carboxylic acids is 1. The van der Waals surface area contributed by atoms with E-state index >= 15 is 0 Å². The van der Waals surface area contributed by atoms with Crippen LogP contribution in [0.2, 0.25) is 0 Å². The molecule has 0 saturated carbocycles. The van der Waals surface area contributed by atoms with Crippen molar-refractivity contribution >= 4 is 23.6 Å². The summed E-state index contributed by atoms with van der Waals surface area (Å²) in [6, 6.07) is 9.63. The van der Waals surface area contributed by atoms with Gasteiger partial charge >= 0.3 is 5.97 Å². The number of carbonyl (C=O) groups excluding carboxylic acids is 1. The maximum absolute atomic E-state index is 13.9. The second-order valence-electron chi connectivity index (χ2n) is 6.13. The molecule has 2 N–H and O–H groups in total. The topological polar surface area (TPSA) is 66.4 Å². The minimum absolute atomic E-state index is 0.103. The Balaban J connectivity index is 1.61. The van der Waals surface area contributed by atoms with Crippen molar-refractivity contribution in [2.24, 2.45) is 0 Å². The molecule has 1 aliphatic rings. The number of aliphatic carboxylic acids is 1. The van der Waals surface area contributed by atoms with Crippen molar-refractivity contribution in [2.75, 3.05) is 6.54 Å². The lowest BCUT2D eigenvalue weighted by atomic mass is 10.0. The van der Waals surface area contributed by atoms with E-state index in [0.717, 1.165) is 6.07 Å². The smallest absolute Gasteiger partial charge is 0.341 e. The molecule has 0 saturated heterocycles. The number of benzene rings is 2. The van der Waals surface area contributed by atoms with Crippen LogP contribution in [0.3, 0.4) is 0 Å². The van der Waals surface area contributed by atoms with E-state index in [2.05, 4.69) is 5.32 Å². The summed E-state index contributed by atoms with van der Waals surface area (Å²) in [7, 11) is 0. The van der Waals surface area contributed by atoms with E-state index in [1.54, 1.807) is 12.1 Å². The highest BCUT2D eigenvalue weighted by atomic mass is 32.2. The Hall–Kier alpha value is -2.67. The number of hydrogen-bond acceptors (Lipinski definition) is 3. The Labute approximate surface area is 159 Å². The van der Waals surface area contributed by atoms with Crippen LogP contribution in [0.25, 0.3) is 11.1 Å². The highest BCUT2D eigenvalue weighted by Gasteiger charge is 2.22. The molecule has 2 aromatic carbocycles. The third-order valence-corrected chi connectivity index (χ3v) is 5.50. The number of hydrogen-bond donors (Lipinski definition) is 2. The molecule has 0 bridgehead atoms. The standard InChI is InChI=1S/C20H17F2NO3S/c21-15-3-1-2-12(9-15)13-8-14(11-16(22)10-13)19(24)23-7-6-17-4-5-18(27-17)20(25)26/h1-3,5,8-11,17H,4,6-7H2,(H,23,24)(H,25,26). The van der Waals surface area contributed by atoms with Gasteiger partial charge in [0.25, 0.3) is 5.91 Å². The van der Waals surface area contributed by atoms with Crippen molar-refractivity contribution in [3.63, 3.8) is 0 Å². The van der Waals surface area contributed by atoms with E-state index in [9.17, 15) is 18.4 Å². The first-order valence-electron chi connectivity index (χ1n) is 8.37. The molecule has 0 aromatic heterocycles. The molecule has 1 unspecified atom stereocenters. The van der Waals surface area contributed by atoms with E-state index in [1.807, 2.05) is 0 Å². The zero-order valence-corrected chi connectivity index (χ0v) is 15.1. The fourth-order valence-electron chi connectivity index (χ4n) is 2.83. The van der Waals surface area contributed by atoms with Crippen LogP contribution in [0.5, 0.6) is 0 Å². The van der Waals surface area contributed by atoms with Crippen LogP contribution in [0, 0.1) is 11.6 Å². The molecule has 0 spiro atoms. The number of allylic oxidation sites excluding steroid dienone is 1. The number of thioether (sulfide) groups is 1. The van der Waals surface area contributed by atoms with Crippen LogP contribution in [-0.4, -0.2) is 28.8 Å². The molecule has 1 aliphatic heterocycles. The Kier molecular flexibility index (Phi) is 5.91. The Bertz CT molecular complexity index is 914. The molecule has 0 aliphatic carbocycles. The van der Waals surface area contributed by atoms with Crippen LogP contribution in [0.1, 0.15) is 23.2 Å². The third-order valence-electron chi connectivity index (χ3n) is 4.14. The summed E-state index contributed by atoms with van der Waals surface area (Å²) in [5, 5.41) is 11.8. The van der Waals surface area contributed by atoms with Crippen LogP contribution in [-0.2, 0) is 4.79 Å². The van der Waals surface area contributed by atoms with Gasteiger partial charge < -0.3 is 10.4 Å². The molecule has 140 valence electrons. The molecule has 4 nitrogen and oxygen atoms in total. The van der Waals surface area contributed by atoms with E-state index in [0.29, 0.717) is 35.4 Å². The van der Waals surface area contributed by atoms with Crippen molar-refractivity contribution in [1.29, 1.82) is 0 Å². The second kappa shape index (κ2) is 8.35. The largest absolute Gasteiger partial charge is 0.477 e. The molecule has 1 heterocycles. The molecule has 1 amide bonds. The number of halogens is 2. The van der Waals surface area contributed by atoms with Crippen LogP contribution in [0.15, 0.2) is 53.4 Å². The molecule has 27 heavy (non-hydrogen) atoms. The predicted octanol–water partition coefficient (Wildman–Crippen LogP) is 4.23. The number of amides is 1. The van der Waals surface area contributed by atoms with Crippen LogP contribution < -0.4 is 5.32 Å². The van der Waals surface area contributed by atoms with E-state index in [1.165, 1.54) is 42.1 Å². The third kappa shape index (κ3) is 4.95. The Morgan fingerprint density at radius 2 is 1.89 bits per heavy atom. The fraction of sp³-hybridized carbons (Fsp3) is 0.200. The van der Waals surface area contributed by atoms with Gasteiger partial charge in [-0.25, -0.2) is 13.6 Å². The summed E-state index contributed by atoms with van der Waals surface area (Å²) in [6.45, 7) is 0.350. The molecular weight excluding hydrogens is 372 g/mol. The van der Waals surface area contributed by atoms with Gasteiger partial charge in [0.2, 0.25) is 0 Å². The van der Waals surface area contributed by atoms with Gasteiger partial charge in [-0.1, -0.05) is 18.2 Å². The molecule has 7 heteroatoms. The molecule has 2 aromatic rings. The summed E-state index contributed by atoms with van der Waals surface area (Å²) >= 11 is 1.28. The summed E-state index contributed by atoms with van der Waals surface area (Å²) in [5.41, 5.74) is 1.05. The van der Waals surface area contributed by atoms with E-state index in [4.69, 9.17) is 5.11 Å². The molecular formula is C20H17F2NO3S. The maximum Gasteiger partial charge on any atom is 0.341 e. The van der Waals surface area contributed by atoms with Crippen molar-refractivity contribution in [3.05, 3.63) is 70.6 Å². The van der Waals surface area contributed by atoms with Gasteiger partial charge in [-0.2, -0.15) is 0 Å². The molecule has 1 atom stereocenters. The van der Waals surface area contributed by atoms with Crippen LogP contribution in [0.4, 0.5) is 8.78 Å². The summed E-state index contributed by atoms with van der Waals surface area (Å²) < 4.78 is 27.3. The highest BCUT2D eigenvalue weighted by molar-refractivity contribution is 8.04. The summed E-state index contributed by atoms with van der Waals surface area (Å²) in [5.74, 6) is -2.38. The van der Waals surface area contributed by atoms with E-state index in [-0.39, 0.29) is 10.8 Å². The van der Waals surface area contributed by atoms with Gasteiger partial charge in [-0.15, -0.1) is 11.8 Å². The lowest BCUT2D eigenvalue weighted by Gasteiger charge is -2.11. The fourth-order valence-corrected chi connectivity index (χ4v) is 3.91. The first-order chi connectivity index (χ1) is 12.9. The average Bonchev–Trinajstić information content (AvgIpc) is 3.10. The SMILES string of the molecule is O=C(O)C1=CCC(CCNC(=O)c2cc(F)cc(-c3cccc(F)c3)c2)S1. The van der Waals surface area contributed by atoms with Gasteiger partial charge in [0, 0.05) is 17.4 Å². The quantitative estimate of drug-likeness (QED) is 0.776. The zero-order chi connectivity index (χ0) is 19.4. The lowest BCUT2D eigenvalue weighted by molar-refractivity contribution is -0.131. The van der Waals surface area contributed by atoms with Crippen molar-refractivity contribution in [2.45, 2.75) is 18.1 Å². The molecule has 3 rings (SSSR count). The van der Waals surface area contributed by atoms with Gasteiger partial charge in [0.1, 0.15) is 11.6 Å². The van der Waals surface area contributed by atoms with E-state index < -0.39 is 23.5 Å². The second-order valence-corrected chi connectivity index (χ2v) is 7.47. The molecule has 0 fully saturated rings. The average molecular weight is 389 g/mol. The summed E-state index contributed by atoms with van der Waals surface area (Å²) in [4.78, 5) is 23.6. The number of carbonyl (C=O) groups is 2. The molecule has 0 radical (unpaired) electrons. The van der Waals surface area contributed by atoms with Crippen LogP contribution >= 0.6 is 11.8 Å². The van der Waals surface area contributed by atoms with Gasteiger partial charge in [0.05, 0.1) is 4.91 Å². The van der Waals surface area contributed by atoms with Crippen molar-refractivity contribution in [1.82, 2.24) is 5.32 Å². The number of carboxylic acid groups (broad SMARTS) is 1. The minimum atomic E-state index is -0.934. The van der Waals surface area contributed by atoms with Gasteiger partial charge in [0.15, 0.2) is 0 Å². The number of nitrogens with one attached hydrogen (secondary N) is 1. The summed E-state index contributed by atoms with van der Waals surface area (Å²) in [6.07, 6.45) is 2.93. The van der Waals surface area contributed by atoms with Crippen molar-refractivity contribution < 1.29 is 23.5 Å². The van der Waals surface area contributed by atoms with Crippen molar-refractivity contribution in [3.8, 4) is 11.1 Å². The Morgan fingerprint density at radius 3 is 2.59 bits per heavy atom. The lowest BCUT2D eigenvalue weighted by Crippen LogP contribution is -2.26. The first-order valence-corrected chi connectivity index (χ1v) is 9.25. The number of rotatable bonds is 6. The van der Waals surface area contributed by atoms with Gasteiger partial charge in [-0.3, -0.25) is 4.79 Å². The maximum atomic E-state index is 13.9. The normalized spacial score (nSPS) is 16.1. The Morgan fingerprint density at radius 1 is 1.11 bits per heavy atom. The monoisotopic (exact) mass is 389 g/mol.